The lowest BCUT2D eigenvalue weighted by atomic mass is 10.1. The highest BCUT2D eigenvalue weighted by Crippen LogP contribution is 2.07. The number of amides is 1. The molecule has 1 amide bonds. The van der Waals surface area contributed by atoms with E-state index in [1.165, 1.54) is 14.0 Å². The molecule has 1 N–H and O–H groups in total. The number of esters is 1. The maximum Gasteiger partial charge on any atom is 0.408 e. The van der Waals surface area contributed by atoms with Crippen LogP contribution in [0.3, 0.4) is 0 Å². The summed E-state index contributed by atoms with van der Waals surface area (Å²) in [5, 5.41) is 2.30. The second kappa shape index (κ2) is 6.22. The van der Waals surface area contributed by atoms with Crippen LogP contribution in [0.15, 0.2) is 0 Å². The number of hydrogen-bond acceptors (Lipinski definition) is 5. The fraction of sp³-hybridized carbons (Fsp3) is 0.727. The molecule has 0 aromatic carbocycles. The first-order chi connectivity index (χ1) is 7.65. The van der Waals surface area contributed by atoms with Crippen molar-refractivity contribution in [1.29, 1.82) is 0 Å². The number of rotatable bonds is 4. The van der Waals surface area contributed by atoms with Gasteiger partial charge in [0.05, 0.1) is 7.11 Å². The summed E-state index contributed by atoms with van der Waals surface area (Å²) in [5.41, 5.74) is -0.666. The molecule has 0 radical (unpaired) electrons. The Kier molecular flexibility index (Phi) is 5.64. The molecule has 0 bridgehead atoms. The number of Topliss-reactive ketones (excluding diaryl/α,β-unsaturated/α-hetero) is 1. The number of ketones is 1. The molecule has 1 unspecified atom stereocenters. The van der Waals surface area contributed by atoms with Gasteiger partial charge in [-0.15, -0.1) is 0 Å². The van der Waals surface area contributed by atoms with Crippen LogP contribution in [0.1, 0.15) is 34.1 Å². The predicted octanol–water partition coefficient (Wildman–Crippen LogP) is 1.03. The van der Waals surface area contributed by atoms with Crippen molar-refractivity contribution in [2.75, 3.05) is 7.11 Å². The Hall–Kier alpha value is -1.59. The summed E-state index contributed by atoms with van der Waals surface area (Å²) in [5.74, 6) is -0.900. The number of alkyl carbamates (subject to hydrolysis) is 1. The maximum atomic E-state index is 11.4. The highest BCUT2D eigenvalue weighted by molar-refractivity contribution is 5.87. The SMILES string of the molecule is COC(=O)C(CC(C)=O)NC(=O)OC(C)(C)C. The third kappa shape index (κ3) is 7.32. The summed E-state index contributed by atoms with van der Waals surface area (Å²) < 4.78 is 9.46. The molecule has 0 aromatic rings. The summed E-state index contributed by atoms with van der Waals surface area (Å²) in [6.45, 7) is 6.42. The summed E-state index contributed by atoms with van der Waals surface area (Å²) >= 11 is 0. The molecule has 0 aliphatic rings. The van der Waals surface area contributed by atoms with Gasteiger partial charge in [-0.25, -0.2) is 9.59 Å². The minimum absolute atomic E-state index is 0.119. The van der Waals surface area contributed by atoms with Crippen molar-refractivity contribution in [2.24, 2.45) is 0 Å². The Balaban J connectivity index is 4.48. The van der Waals surface area contributed by atoms with Gasteiger partial charge in [-0.2, -0.15) is 0 Å². The van der Waals surface area contributed by atoms with Crippen LogP contribution in [-0.4, -0.2) is 36.6 Å². The number of carbonyl (C=O) groups is 3. The van der Waals surface area contributed by atoms with Crippen LogP contribution in [0, 0.1) is 0 Å². The first-order valence-corrected chi connectivity index (χ1v) is 5.22. The third-order valence-corrected chi connectivity index (χ3v) is 1.67. The monoisotopic (exact) mass is 245 g/mol. The quantitative estimate of drug-likeness (QED) is 0.748. The van der Waals surface area contributed by atoms with Gasteiger partial charge in [-0.05, 0) is 27.7 Å². The number of hydrogen-bond donors (Lipinski definition) is 1. The molecule has 98 valence electrons. The summed E-state index contributed by atoms with van der Waals surface area (Å²) in [4.78, 5) is 33.7. The van der Waals surface area contributed by atoms with Crippen molar-refractivity contribution in [3.05, 3.63) is 0 Å². The largest absolute Gasteiger partial charge is 0.467 e. The molecule has 0 rings (SSSR count). The van der Waals surface area contributed by atoms with Crippen molar-refractivity contribution in [2.45, 2.75) is 45.8 Å². The lowest BCUT2D eigenvalue weighted by Gasteiger charge is -2.22. The van der Waals surface area contributed by atoms with Crippen LogP contribution < -0.4 is 5.32 Å². The fourth-order valence-electron chi connectivity index (χ4n) is 1.07. The van der Waals surface area contributed by atoms with E-state index in [1.54, 1.807) is 20.8 Å². The number of methoxy groups -OCH3 is 1. The number of carbonyl (C=O) groups excluding carboxylic acids is 3. The molecule has 0 aromatic heterocycles. The summed E-state index contributed by atoms with van der Waals surface area (Å²) in [6, 6.07) is -1.01. The predicted molar refractivity (Wildman–Crippen MR) is 60.5 cm³/mol. The highest BCUT2D eigenvalue weighted by atomic mass is 16.6. The lowest BCUT2D eigenvalue weighted by Crippen LogP contribution is -2.44. The Bertz CT molecular complexity index is 305. The standard InChI is InChI=1S/C11H19NO5/c1-7(13)6-8(9(14)16-5)12-10(15)17-11(2,3)4/h8H,6H2,1-5H3,(H,12,15). The molecule has 0 aliphatic heterocycles. The zero-order valence-corrected chi connectivity index (χ0v) is 10.8. The van der Waals surface area contributed by atoms with E-state index in [0.717, 1.165) is 0 Å². The van der Waals surface area contributed by atoms with E-state index in [1.807, 2.05) is 0 Å². The van der Waals surface area contributed by atoms with E-state index >= 15 is 0 Å². The van der Waals surface area contributed by atoms with Crippen LogP contribution in [-0.2, 0) is 19.1 Å². The van der Waals surface area contributed by atoms with E-state index in [9.17, 15) is 14.4 Å². The molecule has 0 heterocycles. The molecular formula is C11H19NO5. The van der Waals surface area contributed by atoms with Crippen LogP contribution in [0.2, 0.25) is 0 Å². The Morgan fingerprint density at radius 3 is 2.12 bits per heavy atom. The van der Waals surface area contributed by atoms with Crippen molar-refractivity contribution >= 4 is 17.8 Å². The average molecular weight is 245 g/mol. The average Bonchev–Trinajstić information content (AvgIpc) is 2.11. The van der Waals surface area contributed by atoms with Gasteiger partial charge < -0.3 is 14.8 Å². The fourth-order valence-corrected chi connectivity index (χ4v) is 1.07. The van der Waals surface area contributed by atoms with Gasteiger partial charge in [0, 0.05) is 6.42 Å². The summed E-state index contributed by atoms with van der Waals surface area (Å²) in [7, 11) is 1.19. The molecule has 6 nitrogen and oxygen atoms in total. The Labute approximate surface area is 101 Å². The Morgan fingerprint density at radius 2 is 1.76 bits per heavy atom. The maximum absolute atomic E-state index is 11.4. The molecule has 17 heavy (non-hydrogen) atoms. The van der Waals surface area contributed by atoms with Crippen LogP contribution >= 0.6 is 0 Å². The molecule has 0 aliphatic carbocycles. The van der Waals surface area contributed by atoms with E-state index in [2.05, 4.69) is 10.1 Å². The normalized spacial score (nSPS) is 12.5. The molecule has 6 heteroatoms. The molecule has 0 fully saturated rings. The van der Waals surface area contributed by atoms with Gasteiger partial charge >= 0.3 is 12.1 Å². The van der Waals surface area contributed by atoms with E-state index < -0.39 is 23.7 Å². The second-order valence-electron chi connectivity index (χ2n) is 4.63. The topological polar surface area (TPSA) is 81.7 Å². The highest BCUT2D eigenvalue weighted by Gasteiger charge is 2.25. The first kappa shape index (κ1) is 15.4. The Morgan fingerprint density at radius 1 is 1.24 bits per heavy atom. The van der Waals surface area contributed by atoms with E-state index in [-0.39, 0.29) is 12.2 Å². The third-order valence-electron chi connectivity index (χ3n) is 1.67. The number of nitrogens with one attached hydrogen (secondary N) is 1. The van der Waals surface area contributed by atoms with Crippen molar-refractivity contribution < 1.29 is 23.9 Å². The minimum atomic E-state index is -1.01. The van der Waals surface area contributed by atoms with Crippen molar-refractivity contribution in [3.8, 4) is 0 Å². The molecule has 1 atom stereocenters. The second-order valence-corrected chi connectivity index (χ2v) is 4.63. The van der Waals surface area contributed by atoms with Crippen LogP contribution in [0.5, 0.6) is 0 Å². The molecule has 0 saturated heterocycles. The van der Waals surface area contributed by atoms with Gasteiger partial charge in [-0.1, -0.05) is 0 Å². The van der Waals surface area contributed by atoms with Gasteiger partial charge in [0.25, 0.3) is 0 Å². The van der Waals surface area contributed by atoms with E-state index in [4.69, 9.17) is 4.74 Å². The zero-order chi connectivity index (χ0) is 13.6. The van der Waals surface area contributed by atoms with Gasteiger partial charge in [0.2, 0.25) is 0 Å². The molecule has 0 saturated carbocycles. The summed E-state index contributed by atoms with van der Waals surface area (Å²) in [6.07, 6.45) is -0.875. The lowest BCUT2D eigenvalue weighted by molar-refractivity contribution is -0.144. The van der Waals surface area contributed by atoms with Crippen LogP contribution in [0.25, 0.3) is 0 Å². The van der Waals surface area contributed by atoms with E-state index in [0.29, 0.717) is 0 Å². The first-order valence-electron chi connectivity index (χ1n) is 5.22. The van der Waals surface area contributed by atoms with Crippen molar-refractivity contribution in [3.63, 3.8) is 0 Å². The zero-order valence-electron chi connectivity index (χ0n) is 10.8. The smallest absolute Gasteiger partial charge is 0.408 e. The minimum Gasteiger partial charge on any atom is -0.467 e. The van der Waals surface area contributed by atoms with Gasteiger partial charge in [0.15, 0.2) is 0 Å². The van der Waals surface area contributed by atoms with Crippen LogP contribution in [0.4, 0.5) is 4.79 Å². The van der Waals surface area contributed by atoms with Gasteiger partial charge in [0.1, 0.15) is 17.4 Å². The number of ether oxygens (including phenoxy) is 2. The molecule has 0 spiro atoms. The van der Waals surface area contributed by atoms with Crippen molar-refractivity contribution in [1.82, 2.24) is 5.32 Å². The van der Waals surface area contributed by atoms with Gasteiger partial charge in [-0.3, -0.25) is 4.79 Å². The molecular weight excluding hydrogens is 226 g/mol.